The summed E-state index contributed by atoms with van der Waals surface area (Å²) < 4.78 is 17.9. The highest BCUT2D eigenvalue weighted by Gasteiger charge is 2.29. The van der Waals surface area contributed by atoms with Crippen LogP contribution < -0.4 is 0 Å². The first-order valence-electron chi connectivity index (χ1n) is 5.32. The fourth-order valence-corrected chi connectivity index (χ4v) is 1.72. The molecule has 13 heavy (non-hydrogen) atoms. The lowest BCUT2D eigenvalue weighted by atomic mass is 10.1. The lowest BCUT2D eigenvalue weighted by molar-refractivity contribution is -0.0780. The molecular weight excluding hydrogens is 169 g/mol. The molecule has 0 aromatic rings. The van der Waals surface area contributed by atoms with Gasteiger partial charge in [0.2, 0.25) is 0 Å². The van der Waals surface area contributed by atoms with Gasteiger partial charge >= 0.3 is 0 Å². The van der Waals surface area contributed by atoms with Crippen LogP contribution in [0.2, 0.25) is 0 Å². The summed E-state index contributed by atoms with van der Waals surface area (Å²) in [7, 11) is 0. The summed E-state index contributed by atoms with van der Waals surface area (Å²) >= 11 is 0. The van der Waals surface area contributed by atoms with E-state index in [4.69, 9.17) is 4.74 Å². The molecule has 0 spiro atoms. The summed E-state index contributed by atoms with van der Waals surface area (Å²) in [5, 5.41) is 0. The Bertz CT molecular complexity index is 139. The van der Waals surface area contributed by atoms with Crippen molar-refractivity contribution < 1.29 is 9.13 Å². The number of hydrogen-bond acceptors (Lipinski definition) is 2. The number of piperidine rings is 1. The molecule has 2 heterocycles. The van der Waals surface area contributed by atoms with Crippen molar-refractivity contribution in [2.75, 3.05) is 26.3 Å². The number of likely N-dealkylation sites (tertiary alicyclic amines) is 1. The first-order valence-corrected chi connectivity index (χ1v) is 5.32. The van der Waals surface area contributed by atoms with E-state index in [0.717, 1.165) is 32.6 Å². The zero-order valence-corrected chi connectivity index (χ0v) is 8.63. The molecule has 0 amide bonds. The van der Waals surface area contributed by atoms with Crippen LogP contribution in [0, 0.1) is 0 Å². The number of rotatable bonds is 1. The van der Waals surface area contributed by atoms with E-state index in [1.165, 1.54) is 0 Å². The Kier molecular flexibility index (Phi) is 4.67. The molecule has 0 saturated carbocycles. The maximum Gasteiger partial charge on any atom is 0.113 e. The highest BCUT2D eigenvalue weighted by Crippen LogP contribution is 2.18. The van der Waals surface area contributed by atoms with Crippen LogP contribution in [-0.2, 0) is 4.74 Å². The van der Waals surface area contributed by atoms with Crippen LogP contribution in [0.5, 0.6) is 0 Å². The van der Waals surface area contributed by atoms with Crippen molar-refractivity contribution in [2.24, 2.45) is 0 Å². The van der Waals surface area contributed by atoms with Gasteiger partial charge < -0.3 is 4.74 Å². The molecule has 0 radical (unpaired) electrons. The van der Waals surface area contributed by atoms with Gasteiger partial charge in [-0.2, -0.15) is 0 Å². The van der Waals surface area contributed by atoms with Crippen LogP contribution in [0.3, 0.4) is 0 Å². The summed E-state index contributed by atoms with van der Waals surface area (Å²) in [6, 6.07) is 0.522. The van der Waals surface area contributed by atoms with Crippen molar-refractivity contribution in [3.63, 3.8) is 0 Å². The molecule has 2 fully saturated rings. The highest BCUT2D eigenvalue weighted by atomic mass is 19.1. The summed E-state index contributed by atoms with van der Waals surface area (Å²) in [5.74, 6) is 0. The van der Waals surface area contributed by atoms with Crippen LogP contribution in [-0.4, -0.2) is 43.4 Å². The number of halogens is 1. The quantitative estimate of drug-likeness (QED) is 0.624. The Morgan fingerprint density at radius 1 is 1.31 bits per heavy atom. The molecule has 0 unspecified atom stereocenters. The minimum Gasteiger partial charge on any atom is -0.378 e. The normalized spacial score (nSPS) is 30.2. The van der Waals surface area contributed by atoms with Crippen LogP contribution in [0.15, 0.2) is 0 Å². The van der Waals surface area contributed by atoms with E-state index in [2.05, 4.69) is 4.90 Å². The van der Waals surface area contributed by atoms with E-state index < -0.39 is 6.17 Å². The summed E-state index contributed by atoms with van der Waals surface area (Å²) in [6.07, 6.45) is 1.17. The maximum absolute atomic E-state index is 12.9. The molecule has 0 bridgehead atoms. The van der Waals surface area contributed by atoms with Gasteiger partial charge in [-0.3, -0.25) is 4.90 Å². The Labute approximate surface area is 80.1 Å². The van der Waals surface area contributed by atoms with Crippen LogP contribution in [0.25, 0.3) is 0 Å². The second-order valence-electron chi connectivity index (χ2n) is 3.43. The first-order chi connectivity index (χ1) is 6.36. The molecule has 2 aliphatic heterocycles. The third-order valence-corrected chi connectivity index (χ3v) is 2.53. The minimum absolute atomic E-state index is 0.522. The second-order valence-corrected chi connectivity index (χ2v) is 3.43. The van der Waals surface area contributed by atoms with Gasteiger partial charge in [-0.25, -0.2) is 4.39 Å². The van der Waals surface area contributed by atoms with E-state index in [1.807, 2.05) is 13.8 Å². The molecule has 2 aliphatic rings. The zero-order chi connectivity index (χ0) is 9.68. The summed E-state index contributed by atoms with van der Waals surface area (Å²) in [6.45, 7) is 7.32. The van der Waals surface area contributed by atoms with Gasteiger partial charge in [0.05, 0.1) is 19.3 Å². The van der Waals surface area contributed by atoms with Crippen molar-refractivity contribution in [1.82, 2.24) is 4.90 Å². The summed E-state index contributed by atoms with van der Waals surface area (Å²) in [5.41, 5.74) is 0. The fourth-order valence-electron chi connectivity index (χ4n) is 1.72. The molecule has 2 nitrogen and oxygen atoms in total. The van der Waals surface area contributed by atoms with Crippen molar-refractivity contribution in [3.8, 4) is 0 Å². The zero-order valence-electron chi connectivity index (χ0n) is 8.63. The molecule has 0 aromatic carbocycles. The van der Waals surface area contributed by atoms with E-state index in [1.54, 1.807) is 0 Å². The monoisotopic (exact) mass is 189 g/mol. The number of nitrogens with zero attached hydrogens (tertiary/aromatic N) is 1. The Morgan fingerprint density at radius 2 is 2.00 bits per heavy atom. The van der Waals surface area contributed by atoms with Crippen molar-refractivity contribution in [2.45, 2.75) is 38.9 Å². The Hall–Kier alpha value is -0.150. The highest BCUT2D eigenvalue weighted by molar-refractivity contribution is 4.82. The predicted octanol–water partition coefficient (Wildman–Crippen LogP) is 1.85. The number of alkyl halides is 1. The Balaban J connectivity index is 0.000000396. The van der Waals surface area contributed by atoms with Crippen LogP contribution in [0.4, 0.5) is 4.39 Å². The summed E-state index contributed by atoms with van der Waals surface area (Å²) in [4.78, 5) is 2.22. The molecule has 1 atom stereocenters. The predicted molar refractivity (Wildman–Crippen MR) is 51.7 cm³/mol. The molecule has 78 valence electrons. The lowest BCUT2D eigenvalue weighted by Gasteiger charge is -2.40. The maximum atomic E-state index is 12.9. The molecule has 2 rings (SSSR count). The molecular formula is C10H20FNO. The van der Waals surface area contributed by atoms with Gasteiger partial charge in [0.25, 0.3) is 0 Å². The fraction of sp³-hybridized carbons (Fsp3) is 1.00. The van der Waals surface area contributed by atoms with Crippen molar-refractivity contribution >= 4 is 0 Å². The van der Waals surface area contributed by atoms with Gasteiger partial charge in [-0.05, 0) is 19.4 Å². The molecule has 3 heteroatoms. The van der Waals surface area contributed by atoms with Gasteiger partial charge in [-0.1, -0.05) is 13.8 Å². The Morgan fingerprint density at radius 3 is 2.46 bits per heavy atom. The van der Waals surface area contributed by atoms with E-state index >= 15 is 0 Å². The SMILES string of the molecule is CC.F[C@@H]1CCCN(C2COC2)C1. The smallest absolute Gasteiger partial charge is 0.113 e. The van der Waals surface area contributed by atoms with E-state index in [-0.39, 0.29) is 0 Å². The second kappa shape index (κ2) is 5.55. The van der Waals surface area contributed by atoms with Gasteiger partial charge in [0.15, 0.2) is 0 Å². The largest absolute Gasteiger partial charge is 0.378 e. The van der Waals surface area contributed by atoms with Crippen LogP contribution >= 0.6 is 0 Å². The lowest BCUT2D eigenvalue weighted by Crippen LogP contribution is -2.52. The molecule has 2 saturated heterocycles. The average Bonchev–Trinajstić information content (AvgIpc) is 2.05. The van der Waals surface area contributed by atoms with Crippen molar-refractivity contribution in [3.05, 3.63) is 0 Å². The minimum atomic E-state index is -0.593. The molecule has 0 aromatic heterocycles. The van der Waals surface area contributed by atoms with Crippen LogP contribution in [0.1, 0.15) is 26.7 Å². The van der Waals surface area contributed by atoms with Crippen molar-refractivity contribution in [1.29, 1.82) is 0 Å². The van der Waals surface area contributed by atoms with E-state index in [0.29, 0.717) is 12.6 Å². The molecule has 0 aliphatic carbocycles. The number of ether oxygens (including phenoxy) is 1. The topological polar surface area (TPSA) is 12.5 Å². The van der Waals surface area contributed by atoms with Gasteiger partial charge in [0, 0.05) is 6.54 Å². The van der Waals surface area contributed by atoms with Gasteiger partial charge in [0.1, 0.15) is 6.17 Å². The average molecular weight is 189 g/mol. The van der Waals surface area contributed by atoms with E-state index in [9.17, 15) is 4.39 Å². The molecule has 0 N–H and O–H groups in total. The van der Waals surface area contributed by atoms with Gasteiger partial charge in [-0.15, -0.1) is 0 Å². The third kappa shape index (κ3) is 2.92. The third-order valence-electron chi connectivity index (χ3n) is 2.53. The standard InChI is InChI=1S/C8H14FNO.C2H6/c9-7-2-1-3-10(4-7)8-5-11-6-8;1-2/h7-8H,1-6H2;1-2H3/t7-;/m1./s1. The first kappa shape index (κ1) is 10.9. The number of hydrogen-bond donors (Lipinski definition) is 0.